The zero-order valence-electron chi connectivity index (χ0n) is 16.4. The number of carbonyl (C=O) groups excluding carboxylic acids is 2. The molecule has 0 saturated carbocycles. The number of nitrogens with zero attached hydrogens (tertiary/aromatic N) is 1. The van der Waals surface area contributed by atoms with Crippen molar-refractivity contribution < 1.29 is 14.5 Å². The highest BCUT2D eigenvalue weighted by Gasteiger charge is 2.31. The van der Waals surface area contributed by atoms with Gasteiger partial charge in [0.25, 0.3) is 5.91 Å². The van der Waals surface area contributed by atoms with E-state index < -0.39 is 5.91 Å². The Morgan fingerprint density at radius 2 is 1.83 bits per heavy atom. The van der Waals surface area contributed by atoms with Crippen molar-refractivity contribution in [1.82, 2.24) is 4.98 Å². The first-order chi connectivity index (χ1) is 14.0. The summed E-state index contributed by atoms with van der Waals surface area (Å²) in [6.07, 6.45) is 2.08. The van der Waals surface area contributed by atoms with Crippen molar-refractivity contribution in [1.29, 1.82) is 0 Å². The Labute approximate surface area is 173 Å². The summed E-state index contributed by atoms with van der Waals surface area (Å²) in [5.74, 6) is -0.00490. The number of hydrogen-bond donors (Lipinski definition) is 3. The van der Waals surface area contributed by atoms with Gasteiger partial charge in [0.05, 0.1) is 28.3 Å². The quantitative estimate of drug-likeness (QED) is 0.603. The van der Waals surface area contributed by atoms with Gasteiger partial charge in [0.15, 0.2) is 6.04 Å². The lowest BCUT2D eigenvalue weighted by Crippen LogP contribution is -3.17. The molecular formula is C22H25N4O2S+. The van der Waals surface area contributed by atoms with Gasteiger partial charge in [-0.25, -0.2) is 4.98 Å². The summed E-state index contributed by atoms with van der Waals surface area (Å²) < 4.78 is 1.24. The second kappa shape index (κ2) is 8.31. The molecule has 29 heavy (non-hydrogen) atoms. The smallest absolute Gasteiger partial charge is 0.282 e. The summed E-state index contributed by atoms with van der Waals surface area (Å²) in [6, 6.07) is 14.8. The van der Waals surface area contributed by atoms with Gasteiger partial charge in [0, 0.05) is 30.0 Å². The Kier molecular flexibility index (Phi) is 5.60. The average Bonchev–Trinajstić information content (AvgIpc) is 3.18. The molecule has 0 bridgehead atoms. The number of hydrogen-bond acceptors (Lipinski definition) is 4. The summed E-state index contributed by atoms with van der Waals surface area (Å²) in [4.78, 5) is 29.9. The molecule has 3 aromatic rings. The summed E-state index contributed by atoms with van der Waals surface area (Å²) in [7, 11) is 0. The highest BCUT2D eigenvalue weighted by atomic mass is 32.1. The Bertz CT molecular complexity index is 990. The van der Waals surface area contributed by atoms with Crippen LogP contribution in [0.2, 0.25) is 0 Å². The van der Waals surface area contributed by atoms with Crippen LogP contribution in [0, 0.1) is 0 Å². The van der Waals surface area contributed by atoms with Crippen molar-refractivity contribution >= 4 is 39.1 Å². The second-order valence-corrected chi connectivity index (χ2v) is 8.67. The lowest BCUT2D eigenvalue weighted by molar-refractivity contribution is -0.919. The number of fused-ring (bicyclic) bond motifs is 1. The Morgan fingerprint density at radius 3 is 2.48 bits per heavy atom. The zero-order valence-corrected chi connectivity index (χ0v) is 17.2. The third-order valence-electron chi connectivity index (χ3n) is 5.73. The molecule has 0 aliphatic carbocycles. The molecule has 150 valence electrons. The van der Waals surface area contributed by atoms with Crippen LogP contribution < -0.4 is 16.0 Å². The first-order valence-corrected chi connectivity index (χ1v) is 10.7. The number of anilines is 1. The molecule has 1 fully saturated rings. The van der Waals surface area contributed by atoms with Crippen LogP contribution in [0.3, 0.4) is 0 Å². The van der Waals surface area contributed by atoms with E-state index in [2.05, 4.69) is 23.5 Å². The lowest BCUT2D eigenvalue weighted by Gasteiger charge is -2.31. The summed E-state index contributed by atoms with van der Waals surface area (Å²) >= 11 is 1.79. The summed E-state index contributed by atoms with van der Waals surface area (Å²) in [6.45, 7) is 3.88. The van der Waals surface area contributed by atoms with Crippen LogP contribution in [0.4, 0.5) is 5.69 Å². The third-order valence-corrected chi connectivity index (χ3v) is 6.93. The number of thiazole rings is 1. The van der Waals surface area contributed by atoms with Crippen LogP contribution >= 0.6 is 11.3 Å². The van der Waals surface area contributed by atoms with Crippen molar-refractivity contribution in [3.8, 4) is 0 Å². The molecule has 2 aromatic carbocycles. The maximum absolute atomic E-state index is 12.7. The van der Waals surface area contributed by atoms with Crippen molar-refractivity contribution in [2.45, 2.75) is 31.7 Å². The molecule has 1 saturated heterocycles. The molecule has 4 N–H and O–H groups in total. The number of piperidine rings is 1. The standard InChI is InChI=1S/C22H24N4O2S/c1-14(21(28)24-17-8-6-15(7-9-17)20(23)27)26-12-10-16(11-13-26)22-25-18-4-2-3-5-19(18)29-22/h2-9,14,16H,10-13H2,1H3,(H2,23,27)(H,24,28)/p+1/t14-/m1/s1. The summed E-state index contributed by atoms with van der Waals surface area (Å²) in [5.41, 5.74) is 7.44. The molecular weight excluding hydrogens is 384 g/mol. The Hall–Kier alpha value is -2.77. The minimum atomic E-state index is -0.475. The number of quaternary nitrogens is 1. The van der Waals surface area contributed by atoms with Gasteiger partial charge in [-0.2, -0.15) is 0 Å². The van der Waals surface area contributed by atoms with Crippen LogP contribution in [-0.2, 0) is 4.79 Å². The number of carbonyl (C=O) groups is 2. The number of likely N-dealkylation sites (tertiary alicyclic amines) is 1. The predicted octanol–water partition coefficient (Wildman–Crippen LogP) is 2.18. The van der Waals surface area contributed by atoms with Gasteiger partial charge in [0.2, 0.25) is 5.91 Å². The number of nitrogens with two attached hydrogens (primary N) is 1. The Morgan fingerprint density at radius 1 is 1.14 bits per heavy atom. The zero-order chi connectivity index (χ0) is 20.4. The normalized spacial score (nSPS) is 20.3. The summed E-state index contributed by atoms with van der Waals surface area (Å²) in [5, 5.41) is 4.16. The molecule has 1 atom stereocenters. The first-order valence-electron chi connectivity index (χ1n) is 9.92. The fourth-order valence-corrected chi connectivity index (χ4v) is 5.02. The maximum atomic E-state index is 12.7. The van der Waals surface area contributed by atoms with E-state index in [4.69, 9.17) is 10.7 Å². The van der Waals surface area contributed by atoms with E-state index in [9.17, 15) is 9.59 Å². The fourth-order valence-electron chi connectivity index (χ4n) is 3.89. The van der Waals surface area contributed by atoms with Gasteiger partial charge in [-0.05, 0) is 43.3 Å². The number of aromatic nitrogens is 1. The first kappa shape index (κ1) is 19.5. The number of primary amides is 1. The van der Waals surface area contributed by atoms with Gasteiger partial charge >= 0.3 is 0 Å². The molecule has 2 amide bonds. The van der Waals surface area contributed by atoms with Crippen LogP contribution in [0.1, 0.15) is 41.0 Å². The fraction of sp³-hybridized carbons (Fsp3) is 0.318. The largest absolute Gasteiger partial charge is 0.366 e. The van der Waals surface area contributed by atoms with Crippen molar-refractivity contribution in [3.05, 3.63) is 59.1 Å². The van der Waals surface area contributed by atoms with E-state index in [1.807, 2.05) is 13.0 Å². The highest BCUT2D eigenvalue weighted by Crippen LogP contribution is 2.31. The van der Waals surface area contributed by atoms with Gasteiger partial charge < -0.3 is 16.0 Å². The van der Waals surface area contributed by atoms with Gasteiger partial charge in [-0.3, -0.25) is 9.59 Å². The van der Waals surface area contributed by atoms with Crippen LogP contribution in [0.25, 0.3) is 10.2 Å². The minimum Gasteiger partial charge on any atom is -0.366 e. The molecule has 1 aromatic heterocycles. The van der Waals surface area contributed by atoms with Crippen LogP contribution in [0.15, 0.2) is 48.5 Å². The molecule has 0 radical (unpaired) electrons. The van der Waals surface area contributed by atoms with E-state index in [-0.39, 0.29) is 11.9 Å². The van der Waals surface area contributed by atoms with E-state index in [0.29, 0.717) is 17.2 Å². The van der Waals surface area contributed by atoms with Crippen LogP contribution in [-0.4, -0.2) is 35.9 Å². The molecule has 1 aliphatic rings. The maximum Gasteiger partial charge on any atom is 0.282 e. The molecule has 0 spiro atoms. The van der Waals surface area contributed by atoms with Gasteiger partial charge in [0.1, 0.15) is 0 Å². The number of nitrogens with one attached hydrogen (secondary N) is 2. The second-order valence-electron chi connectivity index (χ2n) is 7.60. The molecule has 1 aliphatic heterocycles. The van der Waals surface area contributed by atoms with E-state index in [0.717, 1.165) is 31.4 Å². The topological polar surface area (TPSA) is 89.5 Å². The molecule has 4 rings (SSSR count). The molecule has 0 unspecified atom stereocenters. The third kappa shape index (κ3) is 4.31. The van der Waals surface area contributed by atoms with E-state index >= 15 is 0 Å². The predicted molar refractivity (Wildman–Crippen MR) is 115 cm³/mol. The number of rotatable bonds is 5. The number of amides is 2. The van der Waals surface area contributed by atoms with Gasteiger partial charge in [-0.15, -0.1) is 11.3 Å². The highest BCUT2D eigenvalue weighted by molar-refractivity contribution is 7.18. The van der Waals surface area contributed by atoms with Crippen LogP contribution in [0.5, 0.6) is 0 Å². The number of benzene rings is 2. The van der Waals surface area contributed by atoms with Gasteiger partial charge in [-0.1, -0.05) is 12.1 Å². The van der Waals surface area contributed by atoms with Crippen molar-refractivity contribution in [2.24, 2.45) is 5.73 Å². The monoisotopic (exact) mass is 409 g/mol. The lowest BCUT2D eigenvalue weighted by atomic mass is 9.96. The average molecular weight is 410 g/mol. The minimum absolute atomic E-state index is 0.00902. The molecule has 2 heterocycles. The Balaban J connectivity index is 1.33. The molecule has 6 nitrogen and oxygen atoms in total. The van der Waals surface area contributed by atoms with E-state index in [1.54, 1.807) is 35.6 Å². The van der Waals surface area contributed by atoms with Crippen molar-refractivity contribution in [3.63, 3.8) is 0 Å². The SMILES string of the molecule is C[C@H](C(=O)Nc1ccc(C(N)=O)cc1)[NH+]1CCC(c2nc3ccccc3s2)CC1. The van der Waals surface area contributed by atoms with Crippen molar-refractivity contribution in [2.75, 3.05) is 18.4 Å². The number of para-hydroxylation sites is 1. The molecule has 7 heteroatoms. The van der Waals surface area contributed by atoms with E-state index in [1.165, 1.54) is 14.6 Å².